The second-order valence-electron chi connectivity index (χ2n) is 7.53. The average Bonchev–Trinajstić information content (AvgIpc) is 2.68. The zero-order valence-corrected chi connectivity index (χ0v) is 16.8. The molecule has 0 radical (unpaired) electrons. The van der Waals surface area contributed by atoms with Crippen molar-refractivity contribution in [3.8, 4) is 0 Å². The van der Waals surface area contributed by atoms with Crippen LogP contribution in [0.4, 0.5) is 0 Å². The number of carbonyl (C=O) groups excluding carboxylic acids is 2. The van der Waals surface area contributed by atoms with Gasteiger partial charge in [0.15, 0.2) is 0 Å². The van der Waals surface area contributed by atoms with Crippen LogP contribution in [0.25, 0.3) is 10.8 Å². The Kier molecular flexibility index (Phi) is 6.47. The minimum atomic E-state index is -0.438. The SMILES string of the molecule is C=C(C)CN(CC)C(=O)CC1C(=O)NCCN1Cc1ccc2ccccc2c1. The van der Waals surface area contributed by atoms with Gasteiger partial charge in [-0.3, -0.25) is 14.5 Å². The first-order valence-corrected chi connectivity index (χ1v) is 9.89. The molecular formula is C23H29N3O2. The predicted molar refractivity (Wildman–Crippen MR) is 113 cm³/mol. The molecule has 0 aromatic heterocycles. The van der Waals surface area contributed by atoms with Crippen molar-refractivity contribution in [3.05, 3.63) is 60.2 Å². The van der Waals surface area contributed by atoms with Crippen molar-refractivity contribution < 1.29 is 9.59 Å². The molecule has 1 fully saturated rings. The third kappa shape index (κ3) is 4.78. The van der Waals surface area contributed by atoms with Gasteiger partial charge in [-0.2, -0.15) is 0 Å². The molecule has 1 aliphatic heterocycles. The van der Waals surface area contributed by atoms with Gasteiger partial charge >= 0.3 is 0 Å². The highest BCUT2D eigenvalue weighted by Crippen LogP contribution is 2.20. The monoisotopic (exact) mass is 379 g/mol. The van der Waals surface area contributed by atoms with Gasteiger partial charge in [0, 0.05) is 32.7 Å². The molecule has 2 aromatic rings. The molecule has 1 saturated heterocycles. The molecule has 0 saturated carbocycles. The Morgan fingerprint density at radius 3 is 2.71 bits per heavy atom. The van der Waals surface area contributed by atoms with Crippen LogP contribution in [0, 0.1) is 0 Å². The maximum atomic E-state index is 12.8. The Bertz CT molecular complexity index is 877. The minimum absolute atomic E-state index is 0.00365. The number of benzene rings is 2. The zero-order chi connectivity index (χ0) is 20.1. The number of nitrogens with zero attached hydrogens (tertiary/aromatic N) is 2. The fraction of sp³-hybridized carbons (Fsp3) is 0.391. The number of likely N-dealkylation sites (N-methyl/N-ethyl adjacent to an activating group) is 1. The summed E-state index contributed by atoms with van der Waals surface area (Å²) in [4.78, 5) is 29.2. The van der Waals surface area contributed by atoms with Crippen molar-refractivity contribution >= 4 is 22.6 Å². The number of hydrogen-bond donors (Lipinski definition) is 1. The van der Waals surface area contributed by atoms with Crippen molar-refractivity contribution in [2.24, 2.45) is 0 Å². The molecule has 148 valence electrons. The fourth-order valence-electron chi connectivity index (χ4n) is 3.74. The number of nitrogens with one attached hydrogen (secondary N) is 1. The summed E-state index contributed by atoms with van der Waals surface area (Å²) in [6, 6.07) is 14.2. The van der Waals surface area contributed by atoms with Gasteiger partial charge in [-0.15, -0.1) is 0 Å². The molecule has 1 heterocycles. The Morgan fingerprint density at radius 1 is 1.25 bits per heavy atom. The number of carbonyl (C=O) groups is 2. The highest BCUT2D eigenvalue weighted by Gasteiger charge is 2.32. The van der Waals surface area contributed by atoms with Crippen molar-refractivity contribution in [3.63, 3.8) is 0 Å². The molecule has 2 amide bonds. The first kappa shape index (κ1) is 20.1. The van der Waals surface area contributed by atoms with E-state index in [1.807, 2.05) is 26.0 Å². The largest absolute Gasteiger partial charge is 0.353 e. The van der Waals surface area contributed by atoms with E-state index in [0.29, 0.717) is 26.2 Å². The molecule has 5 nitrogen and oxygen atoms in total. The lowest BCUT2D eigenvalue weighted by Crippen LogP contribution is -2.56. The van der Waals surface area contributed by atoms with E-state index >= 15 is 0 Å². The summed E-state index contributed by atoms with van der Waals surface area (Å²) in [5.41, 5.74) is 2.09. The molecular weight excluding hydrogens is 350 g/mol. The molecule has 1 N–H and O–H groups in total. The third-order valence-corrected chi connectivity index (χ3v) is 5.20. The van der Waals surface area contributed by atoms with E-state index in [1.165, 1.54) is 10.8 Å². The van der Waals surface area contributed by atoms with Gasteiger partial charge in [0.05, 0.1) is 12.5 Å². The molecule has 0 aliphatic carbocycles. The normalized spacial score (nSPS) is 17.4. The van der Waals surface area contributed by atoms with Crippen LogP contribution in [0.2, 0.25) is 0 Å². The van der Waals surface area contributed by atoms with E-state index in [0.717, 1.165) is 17.7 Å². The number of hydrogen-bond acceptors (Lipinski definition) is 3. The van der Waals surface area contributed by atoms with Crippen molar-refractivity contribution in [1.82, 2.24) is 15.1 Å². The molecule has 1 aliphatic rings. The Balaban J connectivity index is 1.75. The van der Waals surface area contributed by atoms with Gasteiger partial charge in [0.1, 0.15) is 0 Å². The topological polar surface area (TPSA) is 52.7 Å². The van der Waals surface area contributed by atoms with Crippen molar-refractivity contribution in [2.75, 3.05) is 26.2 Å². The Labute approximate surface area is 167 Å². The number of rotatable bonds is 7. The van der Waals surface area contributed by atoms with Crippen LogP contribution in [-0.4, -0.2) is 53.8 Å². The maximum absolute atomic E-state index is 12.8. The third-order valence-electron chi connectivity index (χ3n) is 5.20. The minimum Gasteiger partial charge on any atom is -0.353 e. The quantitative estimate of drug-likeness (QED) is 0.753. The second kappa shape index (κ2) is 9.02. The summed E-state index contributed by atoms with van der Waals surface area (Å²) in [6.07, 6.45) is 0.195. The molecule has 1 unspecified atom stereocenters. The zero-order valence-electron chi connectivity index (χ0n) is 16.8. The first-order chi connectivity index (χ1) is 13.5. The Morgan fingerprint density at radius 2 is 2.00 bits per heavy atom. The van der Waals surface area contributed by atoms with Gasteiger partial charge < -0.3 is 10.2 Å². The van der Waals surface area contributed by atoms with Gasteiger partial charge in [0.25, 0.3) is 0 Å². The highest BCUT2D eigenvalue weighted by atomic mass is 16.2. The predicted octanol–water partition coefficient (Wildman–Crippen LogP) is 2.95. The van der Waals surface area contributed by atoms with Crippen LogP contribution >= 0.6 is 0 Å². The molecule has 2 aromatic carbocycles. The lowest BCUT2D eigenvalue weighted by atomic mass is 10.0. The number of amides is 2. The maximum Gasteiger partial charge on any atom is 0.237 e. The van der Waals surface area contributed by atoms with Crippen LogP contribution in [0.15, 0.2) is 54.6 Å². The molecule has 28 heavy (non-hydrogen) atoms. The van der Waals surface area contributed by atoms with Gasteiger partial charge in [-0.1, -0.05) is 48.6 Å². The van der Waals surface area contributed by atoms with Crippen molar-refractivity contribution in [1.29, 1.82) is 0 Å². The molecule has 0 bridgehead atoms. The number of fused-ring (bicyclic) bond motifs is 1. The summed E-state index contributed by atoms with van der Waals surface area (Å²) in [6.45, 7) is 10.9. The van der Waals surface area contributed by atoms with Crippen molar-refractivity contribution in [2.45, 2.75) is 32.9 Å². The fourth-order valence-corrected chi connectivity index (χ4v) is 3.74. The standard InChI is InChI=1S/C23H29N3O2/c1-4-25(15-17(2)3)22(27)14-21-23(28)24-11-12-26(21)16-18-9-10-19-7-5-6-8-20(19)13-18/h5-10,13,21H,2,4,11-12,14-16H2,1,3H3,(H,24,28). The summed E-state index contributed by atoms with van der Waals surface area (Å²) >= 11 is 0. The smallest absolute Gasteiger partial charge is 0.237 e. The van der Waals surface area contributed by atoms with E-state index in [-0.39, 0.29) is 18.2 Å². The lowest BCUT2D eigenvalue weighted by Gasteiger charge is -2.35. The summed E-state index contributed by atoms with van der Waals surface area (Å²) in [7, 11) is 0. The second-order valence-corrected chi connectivity index (χ2v) is 7.53. The van der Waals surface area contributed by atoms with Gasteiger partial charge in [0.2, 0.25) is 11.8 Å². The lowest BCUT2D eigenvalue weighted by molar-refractivity contribution is -0.138. The Hall–Kier alpha value is -2.66. The van der Waals surface area contributed by atoms with E-state index < -0.39 is 6.04 Å². The molecule has 5 heteroatoms. The van der Waals surface area contributed by atoms with Crippen LogP contribution in [0.3, 0.4) is 0 Å². The van der Waals surface area contributed by atoms with Crippen LogP contribution in [-0.2, 0) is 16.1 Å². The summed E-state index contributed by atoms with van der Waals surface area (Å²) < 4.78 is 0. The number of piperazine rings is 1. The summed E-state index contributed by atoms with van der Waals surface area (Å²) in [5.74, 6) is -0.0668. The van der Waals surface area contributed by atoms with Crippen LogP contribution < -0.4 is 5.32 Å². The van der Waals surface area contributed by atoms with E-state index in [2.05, 4.69) is 47.1 Å². The van der Waals surface area contributed by atoms with Gasteiger partial charge in [-0.05, 0) is 36.2 Å². The first-order valence-electron chi connectivity index (χ1n) is 9.89. The van der Waals surface area contributed by atoms with Gasteiger partial charge in [-0.25, -0.2) is 0 Å². The highest BCUT2D eigenvalue weighted by molar-refractivity contribution is 5.89. The van der Waals surface area contributed by atoms with E-state index in [4.69, 9.17) is 0 Å². The molecule has 3 rings (SSSR count). The van der Waals surface area contributed by atoms with Crippen LogP contribution in [0.1, 0.15) is 25.8 Å². The average molecular weight is 380 g/mol. The van der Waals surface area contributed by atoms with E-state index in [1.54, 1.807) is 4.90 Å². The molecule has 0 spiro atoms. The summed E-state index contributed by atoms with van der Waals surface area (Å²) in [5, 5.41) is 5.30. The van der Waals surface area contributed by atoms with E-state index in [9.17, 15) is 9.59 Å². The molecule has 1 atom stereocenters. The van der Waals surface area contributed by atoms with Crippen LogP contribution in [0.5, 0.6) is 0 Å².